The molecule has 2 rings (SSSR count). The van der Waals surface area contributed by atoms with Crippen LogP contribution < -0.4 is 10.2 Å². The number of esters is 1. The summed E-state index contributed by atoms with van der Waals surface area (Å²) in [6.45, 7) is 5.34. The Balaban J connectivity index is 2.28. The van der Waals surface area contributed by atoms with E-state index in [4.69, 9.17) is 13.9 Å². The predicted molar refractivity (Wildman–Crippen MR) is 74.1 cm³/mol. The van der Waals surface area contributed by atoms with E-state index in [1.54, 1.807) is 39.0 Å². The zero-order chi connectivity index (χ0) is 14.7. The van der Waals surface area contributed by atoms with Crippen molar-refractivity contribution in [2.24, 2.45) is 0 Å². The van der Waals surface area contributed by atoms with Crippen molar-refractivity contribution in [2.45, 2.75) is 20.8 Å². The van der Waals surface area contributed by atoms with Crippen LogP contribution >= 0.6 is 0 Å². The van der Waals surface area contributed by atoms with Crippen LogP contribution in [0.2, 0.25) is 0 Å². The summed E-state index contributed by atoms with van der Waals surface area (Å²) in [7, 11) is 0. The Kier molecular flexibility index (Phi) is 4.08. The van der Waals surface area contributed by atoms with E-state index in [9.17, 15) is 9.59 Å². The Morgan fingerprint density at radius 2 is 2.05 bits per heavy atom. The van der Waals surface area contributed by atoms with E-state index in [2.05, 4.69) is 0 Å². The van der Waals surface area contributed by atoms with E-state index < -0.39 is 5.97 Å². The maximum Gasteiger partial charge on any atom is 0.344 e. The molecule has 0 radical (unpaired) electrons. The predicted octanol–water partition coefficient (Wildman–Crippen LogP) is 2.35. The molecular weight excluding hydrogens is 260 g/mol. The molecule has 0 unspecified atom stereocenters. The van der Waals surface area contributed by atoms with Gasteiger partial charge in [0.2, 0.25) is 0 Å². The lowest BCUT2D eigenvalue weighted by molar-refractivity contribution is -0.145. The third-order valence-corrected chi connectivity index (χ3v) is 2.99. The molecule has 0 amide bonds. The van der Waals surface area contributed by atoms with Gasteiger partial charge in [0.15, 0.2) is 12.0 Å². The molecule has 106 valence electrons. The normalized spacial score (nSPS) is 10.6. The molecule has 0 aliphatic carbocycles. The molecule has 0 aliphatic heterocycles. The van der Waals surface area contributed by atoms with Gasteiger partial charge in [-0.1, -0.05) is 0 Å². The molecule has 0 bridgehead atoms. The highest BCUT2D eigenvalue weighted by molar-refractivity contribution is 5.79. The second-order valence-corrected chi connectivity index (χ2v) is 4.36. The van der Waals surface area contributed by atoms with Gasteiger partial charge in [0, 0.05) is 11.6 Å². The maximum absolute atomic E-state index is 12.0. The average molecular weight is 276 g/mol. The zero-order valence-corrected chi connectivity index (χ0v) is 11.7. The Labute approximate surface area is 116 Å². The molecule has 0 atom stereocenters. The third kappa shape index (κ3) is 2.82. The van der Waals surface area contributed by atoms with Crippen molar-refractivity contribution in [1.82, 2.24) is 0 Å². The van der Waals surface area contributed by atoms with Crippen LogP contribution in [-0.4, -0.2) is 19.2 Å². The first kappa shape index (κ1) is 14.1. The summed E-state index contributed by atoms with van der Waals surface area (Å²) >= 11 is 0. The number of ether oxygens (including phenoxy) is 2. The zero-order valence-electron chi connectivity index (χ0n) is 11.7. The molecule has 0 aliphatic rings. The van der Waals surface area contributed by atoms with Gasteiger partial charge < -0.3 is 13.9 Å². The minimum Gasteiger partial charge on any atom is -0.482 e. The molecule has 1 aromatic heterocycles. The van der Waals surface area contributed by atoms with Crippen LogP contribution in [0, 0.1) is 13.8 Å². The van der Waals surface area contributed by atoms with Gasteiger partial charge in [0.05, 0.1) is 12.0 Å². The smallest absolute Gasteiger partial charge is 0.344 e. The number of hydrogen-bond donors (Lipinski definition) is 0. The number of benzene rings is 1. The van der Waals surface area contributed by atoms with Crippen LogP contribution in [-0.2, 0) is 9.53 Å². The van der Waals surface area contributed by atoms with Gasteiger partial charge in [0.1, 0.15) is 17.1 Å². The summed E-state index contributed by atoms with van der Waals surface area (Å²) in [5, 5.41) is 0.497. The highest BCUT2D eigenvalue weighted by Gasteiger charge is 2.09. The molecule has 20 heavy (non-hydrogen) atoms. The number of hydrogen-bond acceptors (Lipinski definition) is 5. The summed E-state index contributed by atoms with van der Waals surface area (Å²) in [4.78, 5) is 23.2. The van der Waals surface area contributed by atoms with Crippen molar-refractivity contribution in [2.75, 3.05) is 13.2 Å². The summed E-state index contributed by atoms with van der Waals surface area (Å²) in [5.74, 6) is 0.594. The van der Waals surface area contributed by atoms with E-state index in [1.807, 2.05) is 0 Å². The van der Waals surface area contributed by atoms with Crippen LogP contribution in [0.1, 0.15) is 18.2 Å². The molecule has 5 nitrogen and oxygen atoms in total. The fourth-order valence-electron chi connectivity index (χ4n) is 1.81. The number of carbonyl (C=O) groups excluding carboxylic acids is 1. The van der Waals surface area contributed by atoms with Crippen molar-refractivity contribution in [1.29, 1.82) is 0 Å². The van der Waals surface area contributed by atoms with E-state index in [0.717, 1.165) is 0 Å². The Bertz CT molecular complexity index is 699. The molecule has 0 saturated heterocycles. The van der Waals surface area contributed by atoms with Gasteiger partial charge in [-0.3, -0.25) is 4.79 Å². The molecule has 0 fully saturated rings. The summed E-state index contributed by atoms with van der Waals surface area (Å²) < 4.78 is 15.6. The van der Waals surface area contributed by atoms with Crippen LogP contribution in [0.5, 0.6) is 5.75 Å². The molecule has 1 heterocycles. The quantitative estimate of drug-likeness (QED) is 0.802. The maximum atomic E-state index is 12.0. The molecule has 5 heteroatoms. The number of fused-ring (bicyclic) bond motifs is 1. The minimum absolute atomic E-state index is 0.0549. The first-order valence-corrected chi connectivity index (χ1v) is 6.35. The summed E-state index contributed by atoms with van der Waals surface area (Å²) in [6.07, 6.45) is 0. The fraction of sp³-hybridized carbons (Fsp3) is 0.333. The van der Waals surface area contributed by atoms with Crippen molar-refractivity contribution >= 4 is 16.9 Å². The summed E-state index contributed by atoms with van der Waals surface area (Å²) in [6, 6.07) is 4.86. The lowest BCUT2D eigenvalue weighted by atomic mass is 10.1. The average Bonchev–Trinajstić information content (AvgIpc) is 2.43. The molecule has 0 spiro atoms. The fourth-order valence-corrected chi connectivity index (χ4v) is 1.81. The highest BCUT2D eigenvalue weighted by atomic mass is 16.6. The highest BCUT2D eigenvalue weighted by Crippen LogP contribution is 2.20. The molecular formula is C15H16O5. The number of carbonyl (C=O) groups is 1. The van der Waals surface area contributed by atoms with Gasteiger partial charge in [0.25, 0.3) is 0 Å². The Morgan fingerprint density at radius 1 is 1.30 bits per heavy atom. The molecule has 0 saturated carbocycles. The second kappa shape index (κ2) is 5.77. The van der Waals surface area contributed by atoms with Gasteiger partial charge in [-0.2, -0.15) is 0 Å². The molecule has 2 aromatic rings. The standard InChI is InChI=1S/C15H16O5/c1-4-18-14(16)8-19-11-5-6-12-13(7-11)20-10(3)9(2)15(12)17/h5-7H,4,8H2,1-3H3. The minimum atomic E-state index is -0.436. The van der Waals surface area contributed by atoms with Crippen molar-refractivity contribution in [3.05, 3.63) is 39.7 Å². The third-order valence-electron chi connectivity index (χ3n) is 2.99. The van der Waals surface area contributed by atoms with Crippen LogP contribution in [0.3, 0.4) is 0 Å². The first-order valence-electron chi connectivity index (χ1n) is 6.35. The van der Waals surface area contributed by atoms with E-state index in [1.165, 1.54) is 0 Å². The SMILES string of the molecule is CCOC(=O)COc1ccc2c(=O)c(C)c(C)oc2c1. The van der Waals surface area contributed by atoms with E-state index >= 15 is 0 Å². The van der Waals surface area contributed by atoms with E-state index in [0.29, 0.717) is 34.6 Å². The van der Waals surface area contributed by atoms with Gasteiger partial charge >= 0.3 is 5.97 Å². The van der Waals surface area contributed by atoms with Crippen LogP contribution in [0.4, 0.5) is 0 Å². The first-order chi connectivity index (χ1) is 9.52. The second-order valence-electron chi connectivity index (χ2n) is 4.36. The van der Waals surface area contributed by atoms with Crippen molar-refractivity contribution in [3.63, 3.8) is 0 Å². The molecule has 1 aromatic carbocycles. The van der Waals surface area contributed by atoms with Gasteiger partial charge in [-0.15, -0.1) is 0 Å². The largest absolute Gasteiger partial charge is 0.482 e. The van der Waals surface area contributed by atoms with Crippen molar-refractivity contribution in [3.8, 4) is 5.75 Å². The van der Waals surface area contributed by atoms with E-state index in [-0.39, 0.29) is 12.0 Å². The summed E-state index contributed by atoms with van der Waals surface area (Å²) in [5.41, 5.74) is 0.984. The van der Waals surface area contributed by atoms with Crippen LogP contribution in [0.15, 0.2) is 27.4 Å². The Hall–Kier alpha value is -2.30. The van der Waals surface area contributed by atoms with Crippen LogP contribution in [0.25, 0.3) is 11.0 Å². The van der Waals surface area contributed by atoms with Crippen molar-refractivity contribution < 1.29 is 18.7 Å². The lowest BCUT2D eigenvalue weighted by Gasteiger charge is -2.07. The molecule has 0 N–H and O–H groups in total. The monoisotopic (exact) mass is 276 g/mol. The number of aryl methyl sites for hydroxylation is 1. The topological polar surface area (TPSA) is 65.7 Å². The van der Waals surface area contributed by atoms with Gasteiger partial charge in [-0.25, -0.2) is 4.79 Å². The Morgan fingerprint density at radius 3 is 2.75 bits per heavy atom. The number of rotatable bonds is 4. The van der Waals surface area contributed by atoms with Gasteiger partial charge in [-0.05, 0) is 32.9 Å². The lowest BCUT2D eigenvalue weighted by Crippen LogP contribution is -2.14.